The topological polar surface area (TPSA) is 147 Å². The molecule has 2 fully saturated rings. The average Bonchev–Trinajstić information content (AvgIpc) is 3.94. The third-order valence-electron chi connectivity index (χ3n) is 9.74. The van der Waals surface area contributed by atoms with E-state index in [0.717, 1.165) is 6.42 Å². The molecule has 0 spiro atoms. The zero-order valence-electron chi connectivity index (χ0n) is 32.1. The van der Waals surface area contributed by atoms with Crippen LogP contribution in [0, 0.1) is 17.2 Å². The van der Waals surface area contributed by atoms with Gasteiger partial charge in [0.05, 0.1) is 30.3 Å². The van der Waals surface area contributed by atoms with Gasteiger partial charge < -0.3 is 19.6 Å². The molecule has 3 aromatic heterocycles. The molecule has 3 N–H and O–H groups in total. The number of nitrogens with one attached hydrogen (secondary N) is 2. The van der Waals surface area contributed by atoms with Gasteiger partial charge in [-0.3, -0.25) is 5.41 Å². The van der Waals surface area contributed by atoms with E-state index in [4.69, 9.17) is 14.9 Å². The number of hydrogen-bond donors (Lipinski definition) is 3. The number of amidine groups is 1. The van der Waals surface area contributed by atoms with Gasteiger partial charge in [-0.1, -0.05) is 90.1 Å². The zero-order valence-corrected chi connectivity index (χ0v) is 36.6. The molecular weight excluding hydrogens is 763 g/mol. The van der Waals surface area contributed by atoms with Crippen molar-refractivity contribution in [1.29, 1.82) is 5.41 Å². The highest BCUT2D eigenvalue weighted by Crippen LogP contribution is 2.44. The Bertz CT molecular complexity index is 1610. The molecule has 2 aliphatic heterocycles. The van der Waals surface area contributed by atoms with Gasteiger partial charge in [-0.2, -0.15) is 0 Å². The fourth-order valence-corrected chi connectivity index (χ4v) is 9.63. The summed E-state index contributed by atoms with van der Waals surface area (Å²) in [7, 11) is -0.171. The first-order chi connectivity index (χ1) is 24.8. The molecule has 5 heterocycles. The third kappa shape index (κ3) is 10.2. The second kappa shape index (κ2) is 20.9. The average molecular weight is 819 g/mol. The van der Waals surface area contributed by atoms with Crippen molar-refractivity contribution < 1.29 is 23.4 Å². The summed E-state index contributed by atoms with van der Waals surface area (Å²) in [5.41, 5.74) is 1.32. The maximum absolute atomic E-state index is 14.8. The van der Waals surface area contributed by atoms with E-state index in [1.54, 1.807) is 19.4 Å². The van der Waals surface area contributed by atoms with Gasteiger partial charge in [-0.15, -0.1) is 28.6 Å². The maximum atomic E-state index is 14.8. The first-order valence-electron chi connectivity index (χ1n) is 17.8. The minimum absolute atomic E-state index is 0.0647. The lowest BCUT2D eigenvalue weighted by atomic mass is 9.95. The van der Waals surface area contributed by atoms with Gasteiger partial charge in [-0.05, 0) is 37.9 Å². The number of fused-ring (bicyclic) bond motifs is 1. The number of aromatic nitrogens is 6. The summed E-state index contributed by atoms with van der Waals surface area (Å²) in [5, 5.41) is 24.9. The number of halogens is 2. The Kier molecular flexibility index (Phi) is 18.1. The molecule has 11 nitrogen and oxygen atoms in total. The number of alkyl halides is 2. The van der Waals surface area contributed by atoms with E-state index in [-0.39, 0.29) is 37.8 Å². The molecule has 0 bridgehead atoms. The monoisotopic (exact) mass is 818 g/mol. The summed E-state index contributed by atoms with van der Waals surface area (Å²) in [5.74, 6) is -2.03. The van der Waals surface area contributed by atoms with Gasteiger partial charge in [0.25, 0.3) is 0 Å². The zero-order chi connectivity index (χ0) is 38.7. The van der Waals surface area contributed by atoms with Crippen LogP contribution in [0.15, 0.2) is 27.6 Å². The van der Waals surface area contributed by atoms with Crippen LogP contribution in [0.3, 0.4) is 0 Å². The van der Waals surface area contributed by atoms with E-state index >= 15 is 0 Å². The fraction of sp³-hybridized carbons (Fsp3) is 0.706. The van der Waals surface area contributed by atoms with E-state index in [9.17, 15) is 13.9 Å². The molecule has 3 aromatic rings. The smallest absolute Gasteiger partial charge is 0.244 e. The third-order valence-corrected chi connectivity index (χ3v) is 15.6. The molecule has 0 amide bonds. The molecule has 0 unspecified atom stereocenters. The van der Waals surface area contributed by atoms with Gasteiger partial charge >= 0.3 is 0 Å². The largest absolute Gasteiger partial charge is 0.365 e. The van der Waals surface area contributed by atoms with Gasteiger partial charge in [0, 0.05) is 20.6 Å². The van der Waals surface area contributed by atoms with Gasteiger partial charge in [-0.25, -0.2) is 33.2 Å². The lowest BCUT2D eigenvalue weighted by molar-refractivity contribution is -0.227. The highest BCUT2D eigenvalue weighted by molar-refractivity contribution is 8.15. The molecule has 0 aliphatic carbocycles. The van der Waals surface area contributed by atoms with E-state index in [1.165, 1.54) is 75.9 Å². The Labute approximate surface area is 326 Å². The van der Waals surface area contributed by atoms with Crippen molar-refractivity contribution in [2.45, 2.75) is 126 Å². The van der Waals surface area contributed by atoms with Crippen LogP contribution in [0.1, 0.15) is 84.6 Å². The Morgan fingerprint density at radius 2 is 1.63 bits per heavy atom. The van der Waals surface area contributed by atoms with Crippen molar-refractivity contribution in [3.05, 3.63) is 29.6 Å². The number of thioether (sulfide) groups is 4. The number of H-pyrrole nitrogens is 1. The SMILES string of the molecule is CC[C@H]1O[C@@H](c2cnc(C(=NC(=N)SC)SC)[nH]2)[C@H](F)[C@@H]1C.CC[C@H]1O[C@@](O)(c2cnc3c(SC)nc(SC)nn23)[C@H](F)[C@@H]1C.CC[SiH](CC)CC. The molecule has 5 rings (SSSR count). The summed E-state index contributed by atoms with van der Waals surface area (Å²) < 4.78 is 42.1. The second-order valence-electron chi connectivity index (χ2n) is 12.7. The lowest BCUT2D eigenvalue weighted by Gasteiger charge is -2.24. The highest BCUT2D eigenvalue weighted by Gasteiger charge is 2.55. The molecule has 0 saturated carbocycles. The highest BCUT2D eigenvalue weighted by atomic mass is 32.2. The van der Waals surface area contributed by atoms with Crippen LogP contribution in [0.5, 0.6) is 0 Å². The predicted octanol–water partition coefficient (Wildman–Crippen LogP) is 8.41. The van der Waals surface area contributed by atoms with Crippen molar-refractivity contribution in [3.8, 4) is 0 Å². The van der Waals surface area contributed by atoms with Crippen LogP contribution in [0.4, 0.5) is 8.78 Å². The molecule has 2 saturated heterocycles. The molecule has 18 heteroatoms. The molecule has 52 heavy (non-hydrogen) atoms. The second-order valence-corrected chi connectivity index (χ2v) is 20.1. The number of rotatable bonds is 10. The van der Waals surface area contributed by atoms with Crippen LogP contribution < -0.4 is 0 Å². The molecule has 0 aromatic carbocycles. The number of aliphatic imine (C=N–C) groups is 1. The predicted molar refractivity (Wildman–Crippen MR) is 218 cm³/mol. The Morgan fingerprint density at radius 1 is 0.981 bits per heavy atom. The van der Waals surface area contributed by atoms with Crippen molar-refractivity contribution in [2.24, 2.45) is 16.8 Å². The summed E-state index contributed by atoms with van der Waals surface area (Å²) in [4.78, 5) is 20.2. The quantitative estimate of drug-likeness (QED) is 0.0785. The number of ether oxygens (including phenoxy) is 2. The number of aliphatic hydroxyl groups is 1. The van der Waals surface area contributed by atoms with E-state index < -0.39 is 30.2 Å². The van der Waals surface area contributed by atoms with Crippen molar-refractivity contribution in [2.75, 3.05) is 25.0 Å². The van der Waals surface area contributed by atoms with E-state index in [2.05, 4.69) is 50.8 Å². The maximum Gasteiger partial charge on any atom is 0.244 e. The van der Waals surface area contributed by atoms with Crippen LogP contribution in [0.2, 0.25) is 18.1 Å². The van der Waals surface area contributed by atoms with Crippen molar-refractivity contribution in [1.82, 2.24) is 29.5 Å². The molecular formula is C34H56F2N8O3S4Si. The van der Waals surface area contributed by atoms with Gasteiger partial charge in [0.15, 0.2) is 22.8 Å². The van der Waals surface area contributed by atoms with Crippen LogP contribution in [-0.2, 0) is 15.3 Å². The van der Waals surface area contributed by atoms with Crippen LogP contribution in [-0.4, -0.2) is 103 Å². The lowest BCUT2D eigenvalue weighted by Crippen LogP contribution is -2.37. The first-order valence-corrected chi connectivity index (χ1v) is 25.2. The summed E-state index contributed by atoms with van der Waals surface area (Å²) >= 11 is 5.45. The minimum Gasteiger partial charge on any atom is -0.365 e. The normalized spacial score (nSPS) is 27.4. The van der Waals surface area contributed by atoms with E-state index in [1.807, 2.05) is 39.5 Å². The Balaban J connectivity index is 0.000000238. The number of nitrogens with zero attached hydrogens (tertiary/aromatic N) is 6. The van der Waals surface area contributed by atoms with E-state index in [0.29, 0.717) is 38.8 Å². The number of aromatic amines is 1. The fourth-order valence-electron chi connectivity index (χ4n) is 6.28. The molecule has 8 atom stereocenters. The van der Waals surface area contributed by atoms with Crippen LogP contribution in [0.25, 0.3) is 5.65 Å². The Hall–Kier alpha value is -1.54. The molecule has 2 aliphatic rings. The minimum atomic E-state index is -2.04. The summed E-state index contributed by atoms with van der Waals surface area (Å²) in [6, 6.07) is 4.48. The summed E-state index contributed by atoms with van der Waals surface area (Å²) in [6.45, 7) is 14.5. The number of imidazole rings is 2. The van der Waals surface area contributed by atoms with Crippen molar-refractivity contribution >= 4 is 71.7 Å². The first kappa shape index (κ1) is 44.9. The van der Waals surface area contributed by atoms with Gasteiger partial charge in [0.1, 0.15) is 28.0 Å². The number of hydrogen-bond acceptors (Lipinski definition) is 12. The van der Waals surface area contributed by atoms with Gasteiger partial charge in [0.2, 0.25) is 10.9 Å². The van der Waals surface area contributed by atoms with Crippen LogP contribution >= 0.6 is 47.0 Å². The standard InChI is InChI=1S/C14H19FN4O2S2.C14H21FN4OS2.C6H16Si/c1-5-8-7(2)10(15)14(20,21-8)9-6-16-11-12(22-3)17-13(23-4)18-19(9)11;1-5-9-7(2)10(15)11(20-9)8-6-17-12(18-8)13(21-3)19-14(16)22-4;1-4-7(5-2)6-3/h6-8,10,20H,5H2,1-4H3;6-7,9-11,16H,5H2,1-4H3,(H,17,18);7H,4-6H2,1-3H3/t7-,8-,10-,14+;7-,9-,10-,11+;/m11./s1. The van der Waals surface area contributed by atoms with Crippen molar-refractivity contribution in [3.63, 3.8) is 0 Å². The molecule has 0 radical (unpaired) electrons. The molecule has 292 valence electrons. The summed E-state index contributed by atoms with van der Waals surface area (Å²) in [6.07, 6.45) is 8.24. The Morgan fingerprint density at radius 3 is 2.12 bits per heavy atom.